The molecule has 0 N–H and O–H groups in total. The first kappa shape index (κ1) is 22.6. The monoisotopic (exact) mass is 389 g/mol. The van der Waals surface area contributed by atoms with Crippen LogP contribution in [0.3, 0.4) is 0 Å². The number of hydrogen-bond acceptors (Lipinski definition) is 1. The summed E-state index contributed by atoms with van der Waals surface area (Å²) < 4.78 is 0. The number of nitrogens with zero attached hydrogens (tertiary/aromatic N) is 1. The summed E-state index contributed by atoms with van der Waals surface area (Å²) >= 11 is 0. The highest BCUT2D eigenvalue weighted by Crippen LogP contribution is 2.33. The molecule has 0 heterocycles. The van der Waals surface area contributed by atoms with E-state index >= 15 is 0 Å². The van der Waals surface area contributed by atoms with Crippen LogP contribution in [0.5, 0.6) is 0 Å². The first-order chi connectivity index (χ1) is 13.9. The smallest absolute Gasteiger partial charge is 0.0101 e. The maximum absolute atomic E-state index is 3.22. The van der Waals surface area contributed by atoms with E-state index in [1.807, 2.05) is 0 Å². The van der Waals surface area contributed by atoms with Crippen molar-refractivity contribution in [2.75, 3.05) is 0 Å². The quantitative estimate of drug-likeness (QED) is 0.466. The molecule has 0 bridgehead atoms. The van der Waals surface area contributed by atoms with E-state index in [1.54, 1.807) is 0 Å². The van der Waals surface area contributed by atoms with Crippen molar-refractivity contribution in [1.82, 2.24) is 4.90 Å². The normalized spacial score (nSPS) is 27.3. The van der Waals surface area contributed by atoms with Crippen molar-refractivity contribution in [2.24, 2.45) is 0 Å². The molecular weight excluding hydrogens is 338 g/mol. The van der Waals surface area contributed by atoms with Crippen LogP contribution in [0.4, 0.5) is 0 Å². The lowest BCUT2D eigenvalue weighted by molar-refractivity contribution is 0.0433. The first-order valence-electron chi connectivity index (χ1n) is 13.7. The topological polar surface area (TPSA) is 3.24 Å². The van der Waals surface area contributed by atoms with Crippen LogP contribution in [0.1, 0.15) is 154 Å². The van der Waals surface area contributed by atoms with Crippen molar-refractivity contribution in [3.05, 3.63) is 0 Å². The van der Waals surface area contributed by atoms with Gasteiger partial charge in [0.1, 0.15) is 0 Å². The molecule has 3 rings (SSSR count). The molecular formula is C27H51N. The molecule has 0 spiro atoms. The lowest BCUT2D eigenvalue weighted by atomic mass is 9.91. The molecule has 164 valence electrons. The summed E-state index contributed by atoms with van der Waals surface area (Å²) in [7, 11) is 0. The molecule has 0 aromatic heterocycles. The van der Waals surface area contributed by atoms with Gasteiger partial charge in [0.2, 0.25) is 0 Å². The predicted octanol–water partition coefficient (Wildman–Crippen LogP) is 8.80. The Morgan fingerprint density at radius 3 is 0.643 bits per heavy atom. The summed E-state index contributed by atoms with van der Waals surface area (Å²) in [5.41, 5.74) is 0. The van der Waals surface area contributed by atoms with E-state index < -0.39 is 0 Å². The van der Waals surface area contributed by atoms with Crippen molar-refractivity contribution in [2.45, 2.75) is 172 Å². The van der Waals surface area contributed by atoms with Gasteiger partial charge in [0, 0.05) is 18.1 Å². The van der Waals surface area contributed by atoms with Crippen LogP contribution in [0.2, 0.25) is 0 Å². The summed E-state index contributed by atoms with van der Waals surface area (Å²) in [4.78, 5) is 3.22. The molecule has 3 aliphatic carbocycles. The minimum absolute atomic E-state index is 0.912. The Bertz CT molecular complexity index is 291. The lowest BCUT2D eigenvalue weighted by Crippen LogP contribution is -2.49. The zero-order valence-electron chi connectivity index (χ0n) is 19.1. The fourth-order valence-corrected chi connectivity index (χ4v) is 6.62. The Labute approximate surface area is 177 Å². The summed E-state index contributed by atoms with van der Waals surface area (Å²) in [5, 5.41) is 0. The molecule has 3 aliphatic rings. The molecule has 0 aromatic rings. The average molecular weight is 390 g/mol. The van der Waals surface area contributed by atoms with Gasteiger partial charge in [-0.2, -0.15) is 0 Å². The summed E-state index contributed by atoms with van der Waals surface area (Å²) in [6, 6.07) is 2.74. The average Bonchev–Trinajstić information content (AvgIpc) is 3.00. The van der Waals surface area contributed by atoms with Crippen molar-refractivity contribution >= 4 is 0 Å². The Hall–Kier alpha value is -0.0400. The van der Waals surface area contributed by atoms with E-state index in [-0.39, 0.29) is 0 Å². The fourth-order valence-electron chi connectivity index (χ4n) is 6.62. The van der Waals surface area contributed by atoms with E-state index in [0.29, 0.717) is 0 Å². The molecule has 28 heavy (non-hydrogen) atoms. The van der Waals surface area contributed by atoms with E-state index in [0.717, 1.165) is 18.1 Å². The van der Waals surface area contributed by atoms with Crippen LogP contribution in [0, 0.1) is 0 Å². The molecule has 0 saturated heterocycles. The van der Waals surface area contributed by atoms with E-state index in [4.69, 9.17) is 0 Å². The van der Waals surface area contributed by atoms with Gasteiger partial charge in [-0.1, -0.05) is 116 Å². The third kappa shape index (κ3) is 8.00. The first-order valence-corrected chi connectivity index (χ1v) is 13.7. The largest absolute Gasteiger partial charge is 0.294 e. The van der Waals surface area contributed by atoms with Crippen molar-refractivity contribution < 1.29 is 0 Å². The van der Waals surface area contributed by atoms with Crippen LogP contribution < -0.4 is 0 Å². The SMILES string of the molecule is C1CCCCC(N(C2CCCCCCCC2)C2CCCCCCCC2)CCC1. The molecule has 0 aliphatic heterocycles. The van der Waals surface area contributed by atoms with Gasteiger partial charge in [0.15, 0.2) is 0 Å². The predicted molar refractivity (Wildman–Crippen MR) is 124 cm³/mol. The Morgan fingerprint density at radius 2 is 0.429 bits per heavy atom. The van der Waals surface area contributed by atoms with Gasteiger partial charge >= 0.3 is 0 Å². The summed E-state index contributed by atoms with van der Waals surface area (Å²) in [6.45, 7) is 0. The Morgan fingerprint density at radius 1 is 0.250 bits per heavy atom. The highest BCUT2D eigenvalue weighted by molar-refractivity contribution is 4.87. The van der Waals surface area contributed by atoms with Gasteiger partial charge in [0.25, 0.3) is 0 Å². The van der Waals surface area contributed by atoms with Crippen molar-refractivity contribution in [3.8, 4) is 0 Å². The van der Waals surface area contributed by atoms with E-state index in [9.17, 15) is 0 Å². The second-order valence-electron chi connectivity index (χ2n) is 10.5. The van der Waals surface area contributed by atoms with E-state index in [1.165, 1.54) is 154 Å². The summed E-state index contributed by atoms with van der Waals surface area (Å²) in [5.74, 6) is 0. The molecule has 3 fully saturated rings. The zero-order valence-corrected chi connectivity index (χ0v) is 19.1. The molecule has 1 heteroatoms. The third-order valence-electron chi connectivity index (χ3n) is 8.24. The maximum atomic E-state index is 3.22. The second-order valence-corrected chi connectivity index (χ2v) is 10.5. The Kier molecular flexibility index (Phi) is 11.4. The molecule has 3 saturated carbocycles. The minimum Gasteiger partial charge on any atom is -0.294 e. The highest BCUT2D eigenvalue weighted by atomic mass is 15.2. The van der Waals surface area contributed by atoms with Crippen LogP contribution in [0.25, 0.3) is 0 Å². The maximum Gasteiger partial charge on any atom is 0.0101 e. The second kappa shape index (κ2) is 14.1. The van der Waals surface area contributed by atoms with Gasteiger partial charge in [-0.3, -0.25) is 4.90 Å². The highest BCUT2D eigenvalue weighted by Gasteiger charge is 2.32. The van der Waals surface area contributed by atoms with Gasteiger partial charge in [0.05, 0.1) is 0 Å². The minimum atomic E-state index is 0.912. The van der Waals surface area contributed by atoms with Crippen LogP contribution in [0.15, 0.2) is 0 Å². The van der Waals surface area contributed by atoms with Crippen LogP contribution in [-0.4, -0.2) is 23.0 Å². The number of rotatable bonds is 3. The van der Waals surface area contributed by atoms with E-state index in [2.05, 4.69) is 4.90 Å². The zero-order chi connectivity index (χ0) is 19.3. The Balaban J connectivity index is 1.75. The molecule has 0 atom stereocenters. The standard InChI is InChI=1S/C27H51N/c1-2-8-14-20-25(19-13-7-1)28(26-21-15-9-3-4-10-16-22-26)27-23-17-11-5-6-12-18-24-27/h25-27H,1-24H2. The fraction of sp³-hybridized carbons (Fsp3) is 1.00. The van der Waals surface area contributed by atoms with Crippen molar-refractivity contribution in [3.63, 3.8) is 0 Å². The van der Waals surface area contributed by atoms with Crippen LogP contribution in [-0.2, 0) is 0 Å². The molecule has 0 aromatic carbocycles. The van der Waals surface area contributed by atoms with Crippen molar-refractivity contribution in [1.29, 1.82) is 0 Å². The molecule has 0 amide bonds. The molecule has 0 radical (unpaired) electrons. The molecule has 1 nitrogen and oxygen atoms in total. The van der Waals surface area contributed by atoms with Gasteiger partial charge in [-0.05, 0) is 38.5 Å². The van der Waals surface area contributed by atoms with Crippen LogP contribution >= 0.6 is 0 Å². The third-order valence-corrected chi connectivity index (χ3v) is 8.24. The van der Waals surface area contributed by atoms with Gasteiger partial charge in [-0.15, -0.1) is 0 Å². The van der Waals surface area contributed by atoms with Gasteiger partial charge < -0.3 is 0 Å². The molecule has 0 unspecified atom stereocenters. The summed E-state index contributed by atoms with van der Waals surface area (Å²) in [6.07, 6.45) is 36.0. The number of hydrogen-bond donors (Lipinski definition) is 0. The van der Waals surface area contributed by atoms with Gasteiger partial charge in [-0.25, -0.2) is 0 Å². The lowest BCUT2D eigenvalue weighted by Gasteiger charge is -2.44.